The molecule has 1 heterocycles. The lowest BCUT2D eigenvalue weighted by atomic mass is 10.1. The van der Waals surface area contributed by atoms with Crippen molar-refractivity contribution in [2.24, 2.45) is 0 Å². The number of para-hydroxylation sites is 1. The molecule has 2 N–H and O–H groups in total. The highest BCUT2D eigenvalue weighted by molar-refractivity contribution is 8.00. The molecular weight excluding hydrogens is 505 g/mol. The van der Waals surface area contributed by atoms with Gasteiger partial charge in [0.05, 0.1) is 20.0 Å². The quantitative estimate of drug-likeness (QED) is 0.258. The van der Waals surface area contributed by atoms with E-state index in [-0.39, 0.29) is 17.6 Å². The van der Waals surface area contributed by atoms with Crippen LogP contribution in [0.1, 0.15) is 15.9 Å². The first-order valence-corrected chi connectivity index (χ1v) is 13.2. The maximum atomic E-state index is 13.1. The maximum absolute atomic E-state index is 13.1. The lowest BCUT2D eigenvalue weighted by molar-refractivity contribution is -0.118. The van der Waals surface area contributed by atoms with Crippen LogP contribution in [0.4, 0.5) is 4.39 Å². The van der Waals surface area contributed by atoms with Gasteiger partial charge in [-0.05, 0) is 54.4 Å². The van der Waals surface area contributed by atoms with E-state index in [0.29, 0.717) is 48.9 Å². The second-order valence-electron chi connectivity index (χ2n) is 8.54. The maximum Gasteiger partial charge on any atom is 0.251 e. The second kappa shape index (κ2) is 13.0. The number of nitrogens with one attached hydrogen (secondary N) is 2. The zero-order valence-corrected chi connectivity index (χ0v) is 22.1. The van der Waals surface area contributed by atoms with Gasteiger partial charge in [0.1, 0.15) is 5.82 Å². The van der Waals surface area contributed by atoms with Gasteiger partial charge in [0, 0.05) is 47.2 Å². The van der Waals surface area contributed by atoms with E-state index in [0.717, 1.165) is 21.4 Å². The van der Waals surface area contributed by atoms with Crippen molar-refractivity contribution in [1.29, 1.82) is 0 Å². The van der Waals surface area contributed by atoms with E-state index in [2.05, 4.69) is 15.2 Å². The van der Waals surface area contributed by atoms with Gasteiger partial charge in [-0.15, -0.1) is 11.8 Å². The van der Waals surface area contributed by atoms with E-state index < -0.39 is 0 Å². The van der Waals surface area contributed by atoms with Crippen LogP contribution in [0, 0.1) is 5.82 Å². The number of benzene rings is 3. The average Bonchev–Trinajstić information content (AvgIpc) is 3.29. The summed E-state index contributed by atoms with van der Waals surface area (Å²) in [5.41, 5.74) is 2.49. The molecular formula is C29H30FN3O4S. The van der Waals surface area contributed by atoms with Crippen molar-refractivity contribution in [2.45, 2.75) is 17.9 Å². The summed E-state index contributed by atoms with van der Waals surface area (Å²) in [7, 11) is 3.20. The van der Waals surface area contributed by atoms with Crippen molar-refractivity contribution in [3.8, 4) is 11.5 Å². The normalized spacial score (nSPS) is 10.8. The molecule has 0 unspecified atom stereocenters. The van der Waals surface area contributed by atoms with Gasteiger partial charge < -0.3 is 24.7 Å². The van der Waals surface area contributed by atoms with Crippen molar-refractivity contribution in [3.63, 3.8) is 0 Å². The lowest BCUT2D eigenvalue weighted by Gasteiger charge is -2.10. The van der Waals surface area contributed by atoms with Crippen LogP contribution >= 0.6 is 11.8 Å². The third-order valence-electron chi connectivity index (χ3n) is 6.04. The molecule has 38 heavy (non-hydrogen) atoms. The smallest absolute Gasteiger partial charge is 0.251 e. The van der Waals surface area contributed by atoms with Crippen molar-refractivity contribution >= 4 is 34.5 Å². The Morgan fingerprint density at radius 2 is 1.68 bits per heavy atom. The number of amides is 2. The van der Waals surface area contributed by atoms with Crippen LogP contribution in [-0.2, 0) is 17.8 Å². The second-order valence-corrected chi connectivity index (χ2v) is 9.56. The van der Waals surface area contributed by atoms with Gasteiger partial charge in [-0.1, -0.05) is 24.3 Å². The Morgan fingerprint density at radius 1 is 0.921 bits per heavy atom. The minimum absolute atomic E-state index is 0.0427. The number of fused-ring (bicyclic) bond motifs is 1. The van der Waals surface area contributed by atoms with E-state index >= 15 is 0 Å². The Morgan fingerprint density at radius 3 is 2.45 bits per heavy atom. The molecule has 198 valence electrons. The first-order valence-electron chi connectivity index (χ1n) is 12.2. The SMILES string of the molecule is COc1ccc(CCNC(=O)CSc2cn(CCNC(=O)c3ccc(F)cc3)c3ccccc23)cc1OC. The predicted octanol–water partition coefficient (Wildman–Crippen LogP) is 4.68. The van der Waals surface area contributed by atoms with Crippen LogP contribution in [0.2, 0.25) is 0 Å². The molecule has 4 rings (SSSR count). The highest BCUT2D eigenvalue weighted by atomic mass is 32.2. The monoisotopic (exact) mass is 535 g/mol. The fourth-order valence-corrected chi connectivity index (χ4v) is 5.00. The zero-order chi connectivity index (χ0) is 26.9. The highest BCUT2D eigenvalue weighted by Crippen LogP contribution is 2.30. The molecule has 4 aromatic rings. The number of ether oxygens (including phenoxy) is 2. The predicted molar refractivity (Wildman–Crippen MR) is 148 cm³/mol. The molecule has 0 aliphatic rings. The summed E-state index contributed by atoms with van der Waals surface area (Å²) in [4.78, 5) is 25.8. The van der Waals surface area contributed by atoms with Gasteiger partial charge in [-0.3, -0.25) is 9.59 Å². The lowest BCUT2D eigenvalue weighted by Crippen LogP contribution is -2.27. The highest BCUT2D eigenvalue weighted by Gasteiger charge is 2.12. The van der Waals surface area contributed by atoms with E-state index in [1.54, 1.807) is 14.2 Å². The molecule has 2 amide bonds. The minimum Gasteiger partial charge on any atom is -0.493 e. The molecule has 0 radical (unpaired) electrons. The Kier molecular flexibility index (Phi) is 9.26. The number of rotatable bonds is 12. The van der Waals surface area contributed by atoms with E-state index in [9.17, 15) is 14.0 Å². The molecule has 0 aliphatic carbocycles. The fourth-order valence-electron chi connectivity index (χ4n) is 4.08. The summed E-state index contributed by atoms with van der Waals surface area (Å²) in [6.45, 7) is 1.49. The number of carbonyl (C=O) groups is 2. The van der Waals surface area contributed by atoms with Gasteiger partial charge in [-0.25, -0.2) is 4.39 Å². The third-order valence-corrected chi connectivity index (χ3v) is 7.08. The van der Waals surface area contributed by atoms with Crippen LogP contribution in [0.15, 0.2) is 77.8 Å². The van der Waals surface area contributed by atoms with Gasteiger partial charge >= 0.3 is 0 Å². The number of carbonyl (C=O) groups excluding carboxylic acids is 2. The topological polar surface area (TPSA) is 81.6 Å². The van der Waals surface area contributed by atoms with Crippen LogP contribution in [0.5, 0.6) is 11.5 Å². The summed E-state index contributed by atoms with van der Waals surface area (Å²) >= 11 is 1.48. The summed E-state index contributed by atoms with van der Waals surface area (Å²) < 4.78 is 25.8. The zero-order valence-electron chi connectivity index (χ0n) is 21.3. The van der Waals surface area contributed by atoms with Crippen molar-refractivity contribution in [2.75, 3.05) is 33.1 Å². The number of hydrogen-bond donors (Lipinski definition) is 2. The number of aromatic nitrogens is 1. The molecule has 0 saturated heterocycles. The van der Waals surface area contributed by atoms with Gasteiger partial charge in [0.15, 0.2) is 11.5 Å². The standard InChI is InChI=1S/C29H30FN3O4S/c1-36-25-12-7-20(17-26(25)37-2)13-14-31-28(34)19-38-27-18-33(24-6-4-3-5-23(24)27)16-15-32-29(35)21-8-10-22(30)11-9-21/h3-12,17-18H,13-16,19H2,1-2H3,(H,31,34)(H,32,35). The number of halogens is 1. The largest absolute Gasteiger partial charge is 0.493 e. The summed E-state index contributed by atoms with van der Waals surface area (Å²) in [5, 5.41) is 6.91. The van der Waals surface area contributed by atoms with Crippen LogP contribution in [0.3, 0.4) is 0 Å². The number of nitrogens with zero attached hydrogens (tertiary/aromatic N) is 1. The van der Waals surface area contributed by atoms with Crippen LogP contribution in [-0.4, -0.2) is 49.4 Å². The molecule has 0 saturated carbocycles. The summed E-state index contributed by atoms with van der Waals surface area (Å²) in [6, 6.07) is 19.2. The van der Waals surface area contributed by atoms with Crippen molar-refractivity contribution in [1.82, 2.24) is 15.2 Å². The van der Waals surface area contributed by atoms with Crippen molar-refractivity contribution < 1.29 is 23.5 Å². The Balaban J connectivity index is 1.29. The average molecular weight is 536 g/mol. The number of hydrogen-bond acceptors (Lipinski definition) is 5. The first-order chi connectivity index (χ1) is 18.5. The minimum atomic E-state index is -0.378. The number of thioether (sulfide) groups is 1. The Labute approximate surface area is 225 Å². The van der Waals surface area contributed by atoms with E-state index in [4.69, 9.17) is 9.47 Å². The van der Waals surface area contributed by atoms with Crippen molar-refractivity contribution in [3.05, 3.63) is 89.9 Å². The molecule has 7 nitrogen and oxygen atoms in total. The molecule has 9 heteroatoms. The third kappa shape index (κ3) is 6.86. The molecule has 0 bridgehead atoms. The Hall–Kier alpha value is -3.98. The van der Waals surface area contributed by atoms with E-state index in [1.165, 1.54) is 36.0 Å². The van der Waals surface area contributed by atoms with E-state index in [1.807, 2.05) is 48.7 Å². The molecule has 1 aromatic heterocycles. The Bertz CT molecular complexity index is 1400. The van der Waals surface area contributed by atoms with Gasteiger partial charge in [0.25, 0.3) is 5.91 Å². The summed E-state index contributed by atoms with van der Waals surface area (Å²) in [5.74, 6) is 0.961. The molecule has 0 atom stereocenters. The molecule has 0 fully saturated rings. The van der Waals surface area contributed by atoms with Gasteiger partial charge in [0.2, 0.25) is 5.91 Å². The molecule has 3 aromatic carbocycles. The fraction of sp³-hybridized carbons (Fsp3) is 0.241. The van der Waals surface area contributed by atoms with Crippen LogP contribution in [0.25, 0.3) is 10.9 Å². The molecule has 0 spiro atoms. The summed E-state index contributed by atoms with van der Waals surface area (Å²) in [6.07, 6.45) is 2.69. The van der Waals surface area contributed by atoms with Gasteiger partial charge in [-0.2, -0.15) is 0 Å². The number of methoxy groups -OCH3 is 2. The molecule has 0 aliphatic heterocycles. The first kappa shape index (κ1) is 27.1. The van der Waals surface area contributed by atoms with Crippen LogP contribution < -0.4 is 20.1 Å².